The maximum Gasteiger partial charge on any atom is 0.224 e. The van der Waals surface area contributed by atoms with Crippen molar-refractivity contribution in [3.05, 3.63) is 17.7 Å². The number of fused-ring (bicyclic) bond motifs is 1. The van der Waals surface area contributed by atoms with Crippen molar-refractivity contribution in [1.29, 1.82) is 0 Å². The second kappa shape index (κ2) is 4.98. The minimum Gasteiger partial charge on any atom is -0.397 e. The zero-order valence-electron chi connectivity index (χ0n) is 11.8. The van der Waals surface area contributed by atoms with Gasteiger partial charge < -0.3 is 21.1 Å². The Hall–Kier alpha value is -1.75. The van der Waals surface area contributed by atoms with Gasteiger partial charge in [0, 0.05) is 25.8 Å². The Morgan fingerprint density at radius 1 is 1.40 bits per heavy atom. The Balaban J connectivity index is 1.75. The third kappa shape index (κ3) is 2.33. The number of nitrogens with two attached hydrogens (primary N) is 1. The summed E-state index contributed by atoms with van der Waals surface area (Å²) >= 11 is 0. The molecule has 1 saturated carbocycles. The van der Waals surface area contributed by atoms with Gasteiger partial charge >= 0.3 is 0 Å². The van der Waals surface area contributed by atoms with Crippen molar-refractivity contribution in [3.63, 3.8) is 0 Å². The van der Waals surface area contributed by atoms with Gasteiger partial charge in [0.1, 0.15) is 0 Å². The number of rotatable bonds is 4. The van der Waals surface area contributed by atoms with Crippen molar-refractivity contribution in [3.8, 4) is 0 Å². The topological polar surface area (TPSA) is 76.4 Å². The van der Waals surface area contributed by atoms with Crippen molar-refractivity contribution >= 4 is 23.0 Å². The van der Waals surface area contributed by atoms with Crippen LogP contribution in [0.4, 0.5) is 17.1 Å². The van der Waals surface area contributed by atoms with Crippen LogP contribution < -0.4 is 16.4 Å². The summed E-state index contributed by atoms with van der Waals surface area (Å²) in [6, 6.07) is 3.89. The summed E-state index contributed by atoms with van der Waals surface area (Å²) in [5.41, 5.74) is 9.61. The average molecular weight is 275 g/mol. The highest BCUT2D eigenvalue weighted by Gasteiger charge is 2.36. The normalized spacial score (nSPS) is 19.8. The first-order valence-corrected chi connectivity index (χ1v) is 7.13. The second-order valence-electron chi connectivity index (χ2n) is 5.74. The predicted molar refractivity (Wildman–Crippen MR) is 79.9 cm³/mol. The molecule has 0 saturated heterocycles. The van der Waals surface area contributed by atoms with Crippen LogP contribution in [0.1, 0.15) is 31.2 Å². The van der Waals surface area contributed by atoms with E-state index in [1.807, 2.05) is 12.1 Å². The van der Waals surface area contributed by atoms with Crippen LogP contribution in [0.3, 0.4) is 0 Å². The van der Waals surface area contributed by atoms with Crippen LogP contribution in [0.15, 0.2) is 12.1 Å². The first kappa shape index (κ1) is 13.2. The number of ether oxygens (including phenoxy) is 1. The minimum absolute atomic E-state index is 0.0312. The standard InChI is InChI=1S/C15H21N3O2/c1-20-15(5-2-6-15)9-17-13-7-10-3-4-14(19)18-12(10)8-11(13)16/h7-8,17H,2-6,9,16H2,1H3,(H,18,19). The number of carbonyl (C=O) groups is 1. The van der Waals surface area contributed by atoms with Crippen molar-refractivity contribution in [1.82, 2.24) is 0 Å². The molecule has 1 aliphatic carbocycles. The fourth-order valence-electron chi connectivity index (χ4n) is 2.88. The van der Waals surface area contributed by atoms with Crippen LogP contribution in [0.2, 0.25) is 0 Å². The first-order chi connectivity index (χ1) is 9.62. The van der Waals surface area contributed by atoms with Crippen LogP contribution >= 0.6 is 0 Å². The lowest BCUT2D eigenvalue weighted by atomic mass is 9.80. The average Bonchev–Trinajstić information content (AvgIpc) is 2.38. The van der Waals surface area contributed by atoms with E-state index < -0.39 is 0 Å². The molecule has 4 N–H and O–H groups in total. The van der Waals surface area contributed by atoms with Gasteiger partial charge in [-0.25, -0.2) is 0 Å². The van der Waals surface area contributed by atoms with E-state index >= 15 is 0 Å². The molecule has 1 aliphatic heterocycles. The van der Waals surface area contributed by atoms with E-state index in [1.54, 1.807) is 7.11 Å². The number of benzene rings is 1. The fraction of sp³-hybridized carbons (Fsp3) is 0.533. The largest absolute Gasteiger partial charge is 0.397 e. The number of hydrogen-bond acceptors (Lipinski definition) is 4. The predicted octanol–water partition coefficient (Wildman–Crippen LogP) is 2.13. The number of carbonyl (C=O) groups excluding carboxylic acids is 1. The lowest BCUT2D eigenvalue weighted by Gasteiger charge is -2.40. The molecule has 2 aliphatic rings. The monoisotopic (exact) mass is 275 g/mol. The number of nitrogens with one attached hydrogen (secondary N) is 2. The van der Waals surface area contributed by atoms with E-state index in [-0.39, 0.29) is 11.5 Å². The Morgan fingerprint density at radius 3 is 2.85 bits per heavy atom. The quantitative estimate of drug-likeness (QED) is 0.736. The number of amides is 1. The van der Waals surface area contributed by atoms with Gasteiger partial charge in [-0.2, -0.15) is 0 Å². The highest BCUT2D eigenvalue weighted by atomic mass is 16.5. The molecule has 5 nitrogen and oxygen atoms in total. The number of methoxy groups -OCH3 is 1. The molecule has 5 heteroatoms. The molecular weight excluding hydrogens is 254 g/mol. The van der Waals surface area contributed by atoms with Gasteiger partial charge in [-0.1, -0.05) is 0 Å². The molecule has 1 heterocycles. The summed E-state index contributed by atoms with van der Waals surface area (Å²) in [5.74, 6) is 0.0606. The third-order valence-corrected chi connectivity index (χ3v) is 4.47. The third-order valence-electron chi connectivity index (χ3n) is 4.47. The van der Waals surface area contributed by atoms with Gasteiger partial charge in [-0.05, 0) is 43.4 Å². The summed E-state index contributed by atoms with van der Waals surface area (Å²) in [7, 11) is 1.77. The highest BCUT2D eigenvalue weighted by Crippen LogP contribution is 2.36. The lowest BCUT2D eigenvalue weighted by molar-refractivity contribution is -0.116. The Kier molecular flexibility index (Phi) is 3.30. The van der Waals surface area contributed by atoms with Gasteiger partial charge in [0.15, 0.2) is 0 Å². The summed E-state index contributed by atoms with van der Waals surface area (Å²) < 4.78 is 5.60. The lowest BCUT2D eigenvalue weighted by Crippen LogP contribution is -2.45. The Bertz CT molecular complexity index is 533. The van der Waals surface area contributed by atoms with Crippen LogP contribution in [-0.2, 0) is 16.0 Å². The Labute approximate surface area is 118 Å². The van der Waals surface area contributed by atoms with Crippen molar-refractivity contribution < 1.29 is 9.53 Å². The SMILES string of the molecule is COC1(CNc2cc3c(cc2N)NC(=O)CC3)CCC1. The summed E-state index contributed by atoms with van der Waals surface area (Å²) in [6.45, 7) is 0.777. The van der Waals surface area contributed by atoms with Crippen molar-refractivity contribution in [2.45, 2.75) is 37.7 Å². The molecule has 0 aromatic heterocycles. The molecule has 1 fully saturated rings. The number of anilines is 3. The fourth-order valence-corrected chi connectivity index (χ4v) is 2.88. The van der Waals surface area contributed by atoms with E-state index in [0.717, 1.165) is 42.7 Å². The molecule has 20 heavy (non-hydrogen) atoms. The maximum absolute atomic E-state index is 11.4. The van der Waals surface area contributed by atoms with E-state index in [4.69, 9.17) is 10.5 Å². The summed E-state index contributed by atoms with van der Waals surface area (Å²) in [4.78, 5) is 11.4. The van der Waals surface area contributed by atoms with Gasteiger partial charge in [-0.3, -0.25) is 4.79 Å². The van der Waals surface area contributed by atoms with Gasteiger partial charge in [0.25, 0.3) is 0 Å². The molecule has 0 bridgehead atoms. The maximum atomic E-state index is 11.4. The van der Waals surface area contributed by atoms with Crippen LogP contribution in [0, 0.1) is 0 Å². The van der Waals surface area contributed by atoms with Crippen molar-refractivity contribution in [2.24, 2.45) is 0 Å². The van der Waals surface area contributed by atoms with E-state index in [9.17, 15) is 4.79 Å². The van der Waals surface area contributed by atoms with E-state index in [0.29, 0.717) is 12.1 Å². The Morgan fingerprint density at radius 2 is 2.20 bits per heavy atom. The number of nitrogen functional groups attached to an aromatic ring is 1. The molecule has 0 unspecified atom stereocenters. The van der Waals surface area contributed by atoms with Crippen LogP contribution in [0.5, 0.6) is 0 Å². The smallest absolute Gasteiger partial charge is 0.224 e. The molecule has 1 aromatic rings. The van der Waals surface area contributed by atoms with Gasteiger partial charge in [-0.15, -0.1) is 0 Å². The molecule has 0 radical (unpaired) electrons. The van der Waals surface area contributed by atoms with Crippen LogP contribution in [-0.4, -0.2) is 25.2 Å². The van der Waals surface area contributed by atoms with Gasteiger partial charge in [0.05, 0.1) is 17.0 Å². The minimum atomic E-state index is -0.0312. The van der Waals surface area contributed by atoms with E-state index in [2.05, 4.69) is 10.6 Å². The highest BCUT2D eigenvalue weighted by molar-refractivity contribution is 5.95. The van der Waals surface area contributed by atoms with E-state index in [1.165, 1.54) is 6.42 Å². The molecule has 0 atom stereocenters. The first-order valence-electron chi connectivity index (χ1n) is 7.13. The molecular formula is C15H21N3O2. The molecule has 3 rings (SSSR count). The van der Waals surface area contributed by atoms with Gasteiger partial charge in [0.2, 0.25) is 5.91 Å². The molecule has 108 valence electrons. The summed E-state index contributed by atoms with van der Waals surface area (Å²) in [6.07, 6.45) is 4.72. The zero-order chi connectivity index (χ0) is 14.2. The summed E-state index contributed by atoms with van der Waals surface area (Å²) in [5, 5.41) is 6.27. The number of hydrogen-bond donors (Lipinski definition) is 3. The molecule has 0 spiro atoms. The zero-order valence-corrected chi connectivity index (χ0v) is 11.8. The second-order valence-corrected chi connectivity index (χ2v) is 5.74. The number of aryl methyl sites for hydroxylation is 1. The molecule has 1 aromatic carbocycles. The molecule has 1 amide bonds. The van der Waals surface area contributed by atoms with Crippen molar-refractivity contribution in [2.75, 3.05) is 30.0 Å². The van der Waals surface area contributed by atoms with Crippen LogP contribution in [0.25, 0.3) is 0 Å².